The number of amides is 1. The van der Waals surface area contributed by atoms with Crippen LogP contribution in [0.3, 0.4) is 0 Å². The monoisotopic (exact) mass is 368 g/mol. The van der Waals surface area contributed by atoms with Gasteiger partial charge in [0.15, 0.2) is 5.96 Å². The van der Waals surface area contributed by atoms with Gasteiger partial charge in [0.05, 0.1) is 6.26 Å². The van der Waals surface area contributed by atoms with E-state index in [9.17, 15) is 4.79 Å². The quantitative estimate of drug-likeness (QED) is 0.337. The van der Waals surface area contributed by atoms with E-state index in [2.05, 4.69) is 21.9 Å². The SMILES string of the molecule is CSCCCCCCNC(=NCC(=O)N(C)C)NCCc1ccco1. The number of guanidine groups is 1. The molecule has 0 bridgehead atoms. The van der Waals surface area contributed by atoms with Gasteiger partial charge in [-0.15, -0.1) is 0 Å². The molecule has 1 rings (SSSR count). The van der Waals surface area contributed by atoms with Gasteiger partial charge in [-0.3, -0.25) is 4.79 Å². The molecule has 1 heterocycles. The smallest absolute Gasteiger partial charge is 0.243 e. The summed E-state index contributed by atoms with van der Waals surface area (Å²) in [6, 6.07) is 3.84. The largest absolute Gasteiger partial charge is 0.469 e. The lowest BCUT2D eigenvalue weighted by atomic mass is 10.2. The third kappa shape index (κ3) is 10.8. The Balaban J connectivity index is 2.33. The lowest BCUT2D eigenvalue weighted by Crippen LogP contribution is -2.40. The molecule has 1 aromatic rings. The van der Waals surface area contributed by atoms with Crippen LogP contribution in [-0.4, -0.2) is 62.5 Å². The van der Waals surface area contributed by atoms with Gasteiger partial charge in [0.2, 0.25) is 5.91 Å². The molecule has 0 spiro atoms. The lowest BCUT2D eigenvalue weighted by Gasteiger charge is -2.13. The molecule has 0 atom stereocenters. The number of carbonyl (C=O) groups is 1. The van der Waals surface area contributed by atoms with Crippen molar-refractivity contribution in [2.75, 3.05) is 45.7 Å². The fourth-order valence-electron chi connectivity index (χ4n) is 2.15. The van der Waals surface area contributed by atoms with Gasteiger partial charge in [-0.05, 0) is 37.0 Å². The molecule has 1 aromatic heterocycles. The first kappa shape index (κ1) is 21.4. The topological polar surface area (TPSA) is 69.9 Å². The van der Waals surface area contributed by atoms with E-state index in [-0.39, 0.29) is 12.5 Å². The number of nitrogens with one attached hydrogen (secondary N) is 2. The van der Waals surface area contributed by atoms with Gasteiger partial charge < -0.3 is 20.0 Å². The first-order valence-electron chi connectivity index (χ1n) is 8.87. The van der Waals surface area contributed by atoms with Crippen LogP contribution in [0.25, 0.3) is 0 Å². The predicted octanol–water partition coefficient (Wildman–Crippen LogP) is 2.37. The summed E-state index contributed by atoms with van der Waals surface area (Å²) in [6.07, 6.45) is 9.47. The van der Waals surface area contributed by atoms with Crippen molar-refractivity contribution >= 4 is 23.6 Å². The number of carbonyl (C=O) groups excluding carboxylic acids is 1. The van der Waals surface area contributed by atoms with E-state index in [1.165, 1.54) is 25.0 Å². The first-order valence-corrected chi connectivity index (χ1v) is 10.3. The molecule has 0 aliphatic rings. The average Bonchev–Trinajstić information content (AvgIpc) is 3.11. The van der Waals surface area contributed by atoms with E-state index in [1.54, 1.807) is 25.3 Å². The molecule has 0 saturated heterocycles. The number of likely N-dealkylation sites (N-methyl/N-ethyl adjacent to an activating group) is 1. The number of unbranched alkanes of at least 4 members (excludes halogenated alkanes) is 3. The van der Waals surface area contributed by atoms with Crippen molar-refractivity contribution in [3.8, 4) is 0 Å². The highest BCUT2D eigenvalue weighted by molar-refractivity contribution is 7.98. The molecule has 0 aromatic carbocycles. The Labute approximate surface area is 155 Å². The Bertz CT molecular complexity index is 489. The minimum atomic E-state index is -0.01000. The van der Waals surface area contributed by atoms with Crippen LogP contribution in [0.1, 0.15) is 31.4 Å². The van der Waals surface area contributed by atoms with Crippen LogP contribution in [0.2, 0.25) is 0 Å². The lowest BCUT2D eigenvalue weighted by molar-refractivity contribution is -0.127. The van der Waals surface area contributed by atoms with E-state index in [1.807, 2.05) is 23.9 Å². The standard InChI is InChI=1S/C18H32N4O2S/c1-22(2)17(23)15-21-18(19-11-6-4-5-7-14-25-3)20-12-10-16-9-8-13-24-16/h8-9,13H,4-7,10-12,14-15H2,1-3H3,(H2,19,20,21). The van der Waals surface area contributed by atoms with Crippen molar-refractivity contribution in [1.29, 1.82) is 0 Å². The number of rotatable bonds is 12. The predicted molar refractivity (Wildman–Crippen MR) is 106 cm³/mol. The second kappa shape index (κ2) is 13.6. The molecule has 25 heavy (non-hydrogen) atoms. The van der Waals surface area contributed by atoms with Crippen LogP contribution in [-0.2, 0) is 11.2 Å². The van der Waals surface area contributed by atoms with Crippen LogP contribution in [0, 0.1) is 0 Å². The van der Waals surface area contributed by atoms with Crippen molar-refractivity contribution in [2.45, 2.75) is 32.1 Å². The third-order valence-corrected chi connectivity index (χ3v) is 4.38. The Morgan fingerprint density at radius 2 is 1.96 bits per heavy atom. The highest BCUT2D eigenvalue weighted by atomic mass is 32.2. The molecule has 0 saturated carbocycles. The zero-order valence-corrected chi connectivity index (χ0v) is 16.5. The van der Waals surface area contributed by atoms with Gasteiger partial charge in [0, 0.05) is 33.6 Å². The molecule has 0 aliphatic carbocycles. The maximum Gasteiger partial charge on any atom is 0.243 e. The summed E-state index contributed by atoms with van der Waals surface area (Å²) in [6.45, 7) is 1.72. The van der Waals surface area contributed by atoms with Crippen molar-refractivity contribution in [1.82, 2.24) is 15.5 Å². The molecular formula is C18H32N4O2S. The number of furan rings is 1. The van der Waals surface area contributed by atoms with Gasteiger partial charge in [-0.25, -0.2) is 4.99 Å². The van der Waals surface area contributed by atoms with Crippen LogP contribution in [0.4, 0.5) is 0 Å². The first-order chi connectivity index (χ1) is 12.1. The molecule has 1 amide bonds. The summed E-state index contributed by atoms with van der Waals surface area (Å²) in [5, 5.41) is 6.59. The van der Waals surface area contributed by atoms with Crippen molar-refractivity contribution in [3.63, 3.8) is 0 Å². The Kier molecular flexibility index (Phi) is 11.7. The average molecular weight is 369 g/mol. The summed E-state index contributed by atoms with van der Waals surface area (Å²) < 4.78 is 5.33. The molecule has 0 fully saturated rings. The highest BCUT2D eigenvalue weighted by Crippen LogP contribution is 2.04. The van der Waals surface area contributed by atoms with Crippen molar-refractivity contribution < 1.29 is 9.21 Å². The van der Waals surface area contributed by atoms with E-state index in [0.717, 1.165) is 25.1 Å². The van der Waals surface area contributed by atoms with Crippen molar-refractivity contribution in [3.05, 3.63) is 24.2 Å². The Morgan fingerprint density at radius 1 is 1.20 bits per heavy atom. The molecule has 7 heteroatoms. The number of aliphatic imine (C=N–C) groups is 1. The van der Waals surface area contributed by atoms with E-state index < -0.39 is 0 Å². The molecule has 142 valence electrons. The minimum Gasteiger partial charge on any atom is -0.469 e. The summed E-state index contributed by atoms with van der Waals surface area (Å²) in [7, 11) is 3.48. The summed E-state index contributed by atoms with van der Waals surface area (Å²) in [4.78, 5) is 17.7. The van der Waals surface area contributed by atoms with Gasteiger partial charge in [-0.2, -0.15) is 11.8 Å². The van der Waals surface area contributed by atoms with Gasteiger partial charge >= 0.3 is 0 Å². The second-order valence-corrected chi connectivity index (χ2v) is 7.03. The molecular weight excluding hydrogens is 336 g/mol. The van der Waals surface area contributed by atoms with Crippen LogP contribution in [0.15, 0.2) is 27.8 Å². The third-order valence-electron chi connectivity index (χ3n) is 3.68. The van der Waals surface area contributed by atoms with Crippen LogP contribution < -0.4 is 10.6 Å². The van der Waals surface area contributed by atoms with E-state index in [0.29, 0.717) is 12.5 Å². The Morgan fingerprint density at radius 3 is 2.64 bits per heavy atom. The Hall–Kier alpha value is -1.63. The number of hydrogen-bond acceptors (Lipinski definition) is 4. The fourth-order valence-corrected chi connectivity index (χ4v) is 2.65. The van der Waals surface area contributed by atoms with Crippen LogP contribution in [0.5, 0.6) is 0 Å². The number of thioether (sulfide) groups is 1. The van der Waals surface area contributed by atoms with E-state index >= 15 is 0 Å². The van der Waals surface area contributed by atoms with Gasteiger partial charge in [-0.1, -0.05) is 12.8 Å². The van der Waals surface area contributed by atoms with Crippen molar-refractivity contribution in [2.24, 2.45) is 4.99 Å². The number of nitrogens with zero attached hydrogens (tertiary/aromatic N) is 2. The summed E-state index contributed by atoms with van der Waals surface area (Å²) in [5.41, 5.74) is 0. The summed E-state index contributed by atoms with van der Waals surface area (Å²) >= 11 is 1.90. The maximum absolute atomic E-state index is 11.7. The number of hydrogen-bond donors (Lipinski definition) is 2. The molecule has 6 nitrogen and oxygen atoms in total. The maximum atomic E-state index is 11.7. The van der Waals surface area contributed by atoms with Gasteiger partial charge in [0.25, 0.3) is 0 Å². The van der Waals surface area contributed by atoms with Gasteiger partial charge in [0.1, 0.15) is 12.3 Å². The fraction of sp³-hybridized carbons (Fsp3) is 0.667. The minimum absolute atomic E-state index is 0.01000. The normalized spacial score (nSPS) is 11.4. The highest BCUT2D eigenvalue weighted by Gasteiger charge is 2.05. The second-order valence-electron chi connectivity index (χ2n) is 6.04. The zero-order valence-electron chi connectivity index (χ0n) is 15.7. The molecule has 0 unspecified atom stereocenters. The molecule has 0 radical (unpaired) electrons. The summed E-state index contributed by atoms with van der Waals surface area (Å²) in [5.74, 6) is 2.85. The molecule has 0 aliphatic heterocycles. The van der Waals surface area contributed by atoms with Crippen LogP contribution >= 0.6 is 11.8 Å². The zero-order chi connectivity index (χ0) is 18.3. The molecule has 2 N–H and O–H groups in total. The van der Waals surface area contributed by atoms with E-state index in [4.69, 9.17) is 4.42 Å².